The highest BCUT2D eigenvalue weighted by atomic mass is 79.9. The smallest absolute Gasteiger partial charge is 0.354 e. The third-order valence-electron chi connectivity index (χ3n) is 1.52. The molecule has 2 rings (SSSR count). The van der Waals surface area contributed by atoms with Gasteiger partial charge in [-0.1, -0.05) is 6.07 Å². The fourth-order valence-electron chi connectivity index (χ4n) is 0.812. The average molecular weight is 297 g/mol. The predicted molar refractivity (Wildman–Crippen MR) is 65.3 cm³/mol. The minimum atomic E-state index is -0.990. The van der Waals surface area contributed by atoms with E-state index in [4.69, 9.17) is 10.8 Å². The normalized spacial score (nSPS) is 9.00. The Bertz CT molecular complexity index is 454. The van der Waals surface area contributed by atoms with Crippen LogP contribution in [0.15, 0.2) is 41.4 Å². The molecule has 2 aromatic heterocycles. The summed E-state index contributed by atoms with van der Waals surface area (Å²) in [6.45, 7) is 0. The Hall–Kier alpha value is -2.02. The van der Waals surface area contributed by atoms with Crippen LogP contribution < -0.4 is 5.73 Å². The molecule has 0 aromatic carbocycles. The summed E-state index contributed by atoms with van der Waals surface area (Å²) in [7, 11) is 0. The van der Waals surface area contributed by atoms with E-state index in [0.717, 1.165) is 0 Å². The Labute approximate surface area is 106 Å². The van der Waals surface area contributed by atoms with Gasteiger partial charge in [0, 0.05) is 6.20 Å². The van der Waals surface area contributed by atoms with Gasteiger partial charge in [0.1, 0.15) is 16.1 Å². The zero-order valence-corrected chi connectivity index (χ0v) is 10.2. The Morgan fingerprint density at radius 1 is 1.24 bits per heavy atom. The molecule has 2 aromatic rings. The molecule has 0 bridgehead atoms. The summed E-state index contributed by atoms with van der Waals surface area (Å²) in [4.78, 5) is 21.3. The first-order chi connectivity index (χ1) is 8.09. The van der Waals surface area contributed by atoms with Crippen LogP contribution in [0.2, 0.25) is 0 Å². The number of rotatable bonds is 1. The number of hydrogen-bond donors (Lipinski definition) is 2. The minimum Gasteiger partial charge on any atom is -0.477 e. The lowest BCUT2D eigenvalue weighted by atomic mass is 10.4. The number of hydrogen-bond acceptors (Lipinski definition) is 5. The van der Waals surface area contributed by atoms with Crippen molar-refractivity contribution in [2.45, 2.75) is 0 Å². The van der Waals surface area contributed by atoms with Crippen molar-refractivity contribution in [2.24, 2.45) is 0 Å². The van der Waals surface area contributed by atoms with Crippen LogP contribution in [0.1, 0.15) is 10.5 Å². The lowest BCUT2D eigenvalue weighted by molar-refractivity contribution is 0.0690. The third kappa shape index (κ3) is 5.03. The van der Waals surface area contributed by atoms with Crippen LogP contribution in [0, 0.1) is 0 Å². The summed E-state index contributed by atoms with van der Waals surface area (Å²) in [6.07, 6.45) is 4.49. The summed E-state index contributed by atoms with van der Waals surface area (Å²) >= 11 is 3.12. The van der Waals surface area contributed by atoms with Crippen LogP contribution in [0.25, 0.3) is 0 Å². The van der Waals surface area contributed by atoms with Crippen molar-refractivity contribution in [1.82, 2.24) is 15.0 Å². The van der Waals surface area contributed by atoms with Crippen molar-refractivity contribution < 1.29 is 9.90 Å². The van der Waals surface area contributed by atoms with Crippen LogP contribution in [0.5, 0.6) is 0 Å². The summed E-state index contributed by atoms with van der Waals surface area (Å²) < 4.78 is 0.701. The van der Waals surface area contributed by atoms with Gasteiger partial charge < -0.3 is 10.8 Å². The molecule has 0 aliphatic rings. The molecule has 0 spiro atoms. The Morgan fingerprint density at radius 2 is 2.00 bits per heavy atom. The van der Waals surface area contributed by atoms with Crippen LogP contribution >= 0.6 is 15.9 Å². The number of nitrogens with two attached hydrogens (primary N) is 1. The number of halogens is 1. The first-order valence-electron chi connectivity index (χ1n) is 4.47. The standard InChI is InChI=1S/C6H5NO2.C4H4BrN3/c8-6(9)5-3-1-2-4-7-5;5-3-1-8-4(6)2-7-3/h1-4H,(H,8,9);1-2H,(H2,6,8). The van der Waals surface area contributed by atoms with Gasteiger partial charge in [0.2, 0.25) is 0 Å². The van der Waals surface area contributed by atoms with Gasteiger partial charge in [-0.15, -0.1) is 0 Å². The summed E-state index contributed by atoms with van der Waals surface area (Å²) in [5.41, 5.74) is 5.31. The molecule has 88 valence electrons. The quantitative estimate of drug-likeness (QED) is 0.829. The molecule has 0 aliphatic heterocycles. The molecule has 17 heavy (non-hydrogen) atoms. The molecule has 0 saturated heterocycles. The van der Waals surface area contributed by atoms with Gasteiger partial charge in [-0.05, 0) is 28.1 Å². The average Bonchev–Trinajstić information content (AvgIpc) is 2.35. The maximum Gasteiger partial charge on any atom is 0.354 e. The van der Waals surface area contributed by atoms with Crippen molar-refractivity contribution in [3.63, 3.8) is 0 Å². The van der Waals surface area contributed by atoms with E-state index >= 15 is 0 Å². The van der Waals surface area contributed by atoms with Gasteiger partial charge in [-0.2, -0.15) is 0 Å². The zero-order valence-electron chi connectivity index (χ0n) is 8.62. The Balaban J connectivity index is 0.000000171. The van der Waals surface area contributed by atoms with E-state index in [1.54, 1.807) is 18.3 Å². The maximum absolute atomic E-state index is 10.1. The van der Waals surface area contributed by atoms with E-state index in [1.165, 1.54) is 18.5 Å². The number of carbonyl (C=O) groups is 1. The number of aromatic nitrogens is 3. The monoisotopic (exact) mass is 296 g/mol. The number of carboxylic acids is 1. The van der Waals surface area contributed by atoms with Gasteiger partial charge in [0.15, 0.2) is 0 Å². The molecule has 0 atom stereocenters. The first kappa shape index (κ1) is 13.0. The Kier molecular flexibility index (Phi) is 5.02. The molecule has 0 aliphatic carbocycles. The van der Waals surface area contributed by atoms with Crippen LogP contribution in [-0.4, -0.2) is 26.0 Å². The lowest BCUT2D eigenvalue weighted by Gasteiger charge is -1.87. The first-order valence-corrected chi connectivity index (χ1v) is 5.26. The zero-order chi connectivity index (χ0) is 12.7. The molecule has 0 amide bonds. The second-order valence-electron chi connectivity index (χ2n) is 2.78. The van der Waals surface area contributed by atoms with Crippen LogP contribution in [0.4, 0.5) is 5.82 Å². The molecular weight excluding hydrogens is 288 g/mol. The molecule has 3 N–H and O–H groups in total. The van der Waals surface area contributed by atoms with E-state index in [2.05, 4.69) is 30.9 Å². The van der Waals surface area contributed by atoms with E-state index in [-0.39, 0.29) is 5.69 Å². The predicted octanol–water partition coefficient (Wildman–Crippen LogP) is 1.60. The molecular formula is C10H9BrN4O2. The minimum absolute atomic E-state index is 0.0810. The highest BCUT2D eigenvalue weighted by Crippen LogP contribution is 2.02. The van der Waals surface area contributed by atoms with E-state index in [9.17, 15) is 4.79 Å². The molecule has 0 saturated carbocycles. The number of anilines is 1. The van der Waals surface area contributed by atoms with Gasteiger partial charge >= 0.3 is 5.97 Å². The van der Waals surface area contributed by atoms with E-state index < -0.39 is 5.97 Å². The fourth-order valence-corrected chi connectivity index (χ4v) is 1.02. The van der Waals surface area contributed by atoms with Gasteiger partial charge in [-0.3, -0.25) is 0 Å². The van der Waals surface area contributed by atoms with Gasteiger partial charge in [-0.25, -0.2) is 19.7 Å². The number of pyridine rings is 1. The summed E-state index contributed by atoms with van der Waals surface area (Å²) in [5, 5.41) is 8.32. The van der Waals surface area contributed by atoms with Crippen molar-refractivity contribution >= 4 is 27.7 Å². The second kappa shape index (κ2) is 6.54. The lowest BCUT2D eigenvalue weighted by Crippen LogP contribution is -1.97. The molecule has 0 fully saturated rings. The van der Waals surface area contributed by atoms with E-state index in [1.807, 2.05) is 0 Å². The van der Waals surface area contributed by atoms with Crippen LogP contribution in [-0.2, 0) is 0 Å². The summed E-state index contributed by atoms with van der Waals surface area (Å²) in [5.74, 6) is -0.552. The van der Waals surface area contributed by atoms with Gasteiger partial charge in [0.25, 0.3) is 0 Å². The van der Waals surface area contributed by atoms with Crippen LogP contribution in [0.3, 0.4) is 0 Å². The topological polar surface area (TPSA) is 102 Å². The third-order valence-corrected chi connectivity index (χ3v) is 1.93. The molecule has 0 unspecified atom stereocenters. The maximum atomic E-state index is 10.1. The molecule has 6 nitrogen and oxygen atoms in total. The number of nitrogen functional groups attached to an aromatic ring is 1. The second-order valence-corrected chi connectivity index (χ2v) is 3.60. The largest absolute Gasteiger partial charge is 0.477 e. The fraction of sp³-hybridized carbons (Fsp3) is 0. The van der Waals surface area contributed by atoms with Crippen molar-refractivity contribution in [3.8, 4) is 0 Å². The molecule has 0 radical (unpaired) electrons. The summed E-state index contributed by atoms with van der Waals surface area (Å²) in [6, 6.07) is 4.76. The van der Waals surface area contributed by atoms with Gasteiger partial charge in [0.05, 0.1) is 12.4 Å². The number of carboxylic acid groups (broad SMARTS) is 1. The Morgan fingerprint density at radius 3 is 2.35 bits per heavy atom. The SMILES string of the molecule is Nc1cnc(Br)cn1.O=C(O)c1ccccn1. The number of nitrogens with zero attached hydrogens (tertiary/aromatic N) is 3. The highest BCUT2D eigenvalue weighted by molar-refractivity contribution is 9.10. The molecule has 2 heterocycles. The van der Waals surface area contributed by atoms with Crippen molar-refractivity contribution in [2.75, 3.05) is 5.73 Å². The van der Waals surface area contributed by atoms with Crippen molar-refractivity contribution in [1.29, 1.82) is 0 Å². The van der Waals surface area contributed by atoms with E-state index in [0.29, 0.717) is 10.4 Å². The van der Waals surface area contributed by atoms with Crippen molar-refractivity contribution in [3.05, 3.63) is 47.1 Å². The number of aromatic carboxylic acids is 1. The highest BCUT2D eigenvalue weighted by Gasteiger charge is 1.98. The molecule has 7 heteroatoms.